The predicted molar refractivity (Wildman–Crippen MR) is 125 cm³/mol. The van der Waals surface area contributed by atoms with Gasteiger partial charge in [-0.1, -0.05) is 54.1 Å². The summed E-state index contributed by atoms with van der Waals surface area (Å²) in [4.78, 5) is 17.3. The van der Waals surface area contributed by atoms with E-state index in [1.54, 1.807) is 12.4 Å². The highest BCUT2D eigenvalue weighted by Gasteiger charge is 2.07. The van der Waals surface area contributed by atoms with Crippen molar-refractivity contribution in [3.8, 4) is 22.4 Å². The molecule has 2 aromatic carbocycles. The van der Waals surface area contributed by atoms with E-state index in [-0.39, 0.29) is 0 Å². The maximum absolute atomic E-state index is 4.59. The van der Waals surface area contributed by atoms with Crippen molar-refractivity contribution < 1.29 is 0 Å². The second kappa shape index (κ2) is 8.32. The number of hydrogen-bond donors (Lipinski definition) is 1. The number of nitrogens with one attached hydrogen (secondary N) is 1. The molecule has 0 aliphatic rings. The lowest BCUT2D eigenvalue weighted by molar-refractivity contribution is 1.12. The summed E-state index contributed by atoms with van der Waals surface area (Å²) < 4.78 is 0. The topological polar surface area (TPSA) is 63.6 Å². The summed E-state index contributed by atoms with van der Waals surface area (Å²) in [5.74, 6) is 0.823. The van der Waals surface area contributed by atoms with Crippen LogP contribution in [0.25, 0.3) is 33.2 Å². The molecule has 0 radical (unpaired) electrons. The average molecular weight is 403 g/mol. The summed E-state index contributed by atoms with van der Waals surface area (Å²) >= 11 is 0. The Balaban J connectivity index is 1.35. The molecule has 5 rings (SSSR count). The Hall–Kier alpha value is -4.12. The number of aromatic nitrogens is 4. The van der Waals surface area contributed by atoms with Gasteiger partial charge < -0.3 is 5.32 Å². The smallest absolute Gasteiger partial charge is 0.135 e. The van der Waals surface area contributed by atoms with Gasteiger partial charge >= 0.3 is 0 Å². The third-order valence-corrected chi connectivity index (χ3v) is 5.27. The summed E-state index contributed by atoms with van der Waals surface area (Å²) in [7, 11) is 0. The van der Waals surface area contributed by atoms with E-state index in [9.17, 15) is 0 Å². The lowest BCUT2D eigenvalue weighted by atomic mass is 10.0. The van der Waals surface area contributed by atoms with Crippen LogP contribution in [-0.4, -0.2) is 19.9 Å². The molecule has 3 aromatic heterocycles. The second-order valence-corrected chi connectivity index (χ2v) is 7.50. The quantitative estimate of drug-likeness (QED) is 0.409. The van der Waals surface area contributed by atoms with E-state index in [0.717, 1.165) is 27.8 Å². The van der Waals surface area contributed by atoms with Crippen LogP contribution in [0.1, 0.15) is 11.1 Å². The van der Waals surface area contributed by atoms with Crippen molar-refractivity contribution in [3.05, 3.63) is 103 Å². The molecule has 5 heteroatoms. The minimum Gasteiger partial charge on any atom is -0.365 e. The lowest BCUT2D eigenvalue weighted by Gasteiger charge is -2.10. The molecule has 31 heavy (non-hydrogen) atoms. The van der Waals surface area contributed by atoms with E-state index in [1.807, 2.05) is 24.5 Å². The number of fused-ring (bicyclic) bond motifs is 1. The summed E-state index contributed by atoms with van der Waals surface area (Å²) in [6.07, 6.45) is 8.72. The molecule has 0 aliphatic carbocycles. The number of nitrogens with zero attached hydrogens (tertiary/aromatic N) is 4. The molecule has 0 amide bonds. The number of benzene rings is 2. The highest BCUT2D eigenvalue weighted by molar-refractivity contribution is 5.93. The third-order valence-electron chi connectivity index (χ3n) is 5.27. The van der Waals surface area contributed by atoms with E-state index in [2.05, 4.69) is 80.7 Å². The summed E-state index contributed by atoms with van der Waals surface area (Å²) in [5.41, 5.74) is 6.66. The SMILES string of the molecule is Cc1cccc(-c2ccc(CNc3nccc4cc(-c5cncnc5)ncc34)cc2)c1. The van der Waals surface area contributed by atoms with Crippen LogP contribution in [0, 0.1) is 6.92 Å². The van der Waals surface area contributed by atoms with Crippen LogP contribution in [0.4, 0.5) is 5.82 Å². The van der Waals surface area contributed by atoms with Crippen molar-refractivity contribution in [3.63, 3.8) is 0 Å². The van der Waals surface area contributed by atoms with Crippen LogP contribution < -0.4 is 5.32 Å². The van der Waals surface area contributed by atoms with Crippen LogP contribution in [0.5, 0.6) is 0 Å². The third kappa shape index (κ3) is 4.12. The fraction of sp³-hybridized carbons (Fsp3) is 0.0769. The molecule has 5 nitrogen and oxygen atoms in total. The Morgan fingerprint density at radius 2 is 1.61 bits per heavy atom. The van der Waals surface area contributed by atoms with Crippen molar-refractivity contribution in [1.29, 1.82) is 0 Å². The van der Waals surface area contributed by atoms with Gasteiger partial charge in [-0.2, -0.15) is 0 Å². The standard InChI is InChI=1S/C26H21N5/c1-18-3-2-4-21(11-18)20-7-5-19(6-8-20)13-31-26-24-16-30-25(12-22(24)9-10-29-26)23-14-27-17-28-15-23/h2-12,14-17H,13H2,1H3,(H,29,31). The van der Waals surface area contributed by atoms with E-state index in [4.69, 9.17) is 0 Å². The first-order chi connectivity index (χ1) is 15.3. The minimum atomic E-state index is 0.689. The normalized spacial score (nSPS) is 10.9. The highest BCUT2D eigenvalue weighted by atomic mass is 15.0. The van der Waals surface area contributed by atoms with Crippen LogP contribution in [-0.2, 0) is 6.54 Å². The van der Waals surface area contributed by atoms with Gasteiger partial charge in [0.2, 0.25) is 0 Å². The number of pyridine rings is 2. The fourth-order valence-corrected chi connectivity index (χ4v) is 3.62. The Morgan fingerprint density at radius 1 is 0.774 bits per heavy atom. The zero-order valence-electron chi connectivity index (χ0n) is 17.2. The molecule has 1 N–H and O–H groups in total. The molecule has 0 atom stereocenters. The molecule has 0 saturated heterocycles. The lowest BCUT2D eigenvalue weighted by Crippen LogP contribution is -2.02. The van der Waals surface area contributed by atoms with Gasteiger partial charge in [0.15, 0.2) is 0 Å². The molecule has 0 aliphatic heterocycles. The summed E-state index contributed by atoms with van der Waals surface area (Å²) in [6.45, 7) is 2.80. The van der Waals surface area contributed by atoms with Gasteiger partial charge in [0.1, 0.15) is 12.1 Å². The molecule has 0 saturated carbocycles. The molecular formula is C26H21N5. The van der Waals surface area contributed by atoms with Gasteiger partial charge in [0.25, 0.3) is 0 Å². The first-order valence-corrected chi connectivity index (χ1v) is 10.2. The largest absolute Gasteiger partial charge is 0.365 e. The molecule has 0 bridgehead atoms. The van der Waals surface area contributed by atoms with Gasteiger partial charge in [-0.3, -0.25) is 4.98 Å². The average Bonchev–Trinajstić information content (AvgIpc) is 2.83. The van der Waals surface area contributed by atoms with Crippen molar-refractivity contribution in [2.45, 2.75) is 13.5 Å². The zero-order chi connectivity index (χ0) is 21.0. The van der Waals surface area contributed by atoms with Crippen LogP contribution in [0.2, 0.25) is 0 Å². The molecule has 0 unspecified atom stereocenters. The Labute approximate surface area is 180 Å². The predicted octanol–water partition coefficient (Wildman–Crippen LogP) is 5.67. The Bertz CT molecular complexity index is 1330. The number of hydrogen-bond acceptors (Lipinski definition) is 5. The molecule has 0 fully saturated rings. The van der Waals surface area contributed by atoms with Gasteiger partial charge in [-0.05, 0) is 41.1 Å². The molecular weight excluding hydrogens is 382 g/mol. The molecule has 3 heterocycles. The van der Waals surface area contributed by atoms with Crippen molar-refractivity contribution in [2.24, 2.45) is 0 Å². The van der Waals surface area contributed by atoms with E-state index in [1.165, 1.54) is 28.6 Å². The molecule has 0 spiro atoms. The highest BCUT2D eigenvalue weighted by Crippen LogP contribution is 2.26. The van der Waals surface area contributed by atoms with Gasteiger partial charge in [0.05, 0.1) is 5.69 Å². The van der Waals surface area contributed by atoms with Crippen LogP contribution in [0.15, 0.2) is 91.8 Å². The second-order valence-electron chi connectivity index (χ2n) is 7.50. The Morgan fingerprint density at radius 3 is 2.42 bits per heavy atom. The molecule has 5 aromatic rings. The van der Waals surface area contributed by atoms with Crippen molar-refractivity contribution >= 4 is 16.6 Å². The number of anilines is 1. The van der Waals surface area contributed by atoms with Crippen LogP contribution in [0.3, 0.4) is 0 Å². The van der Waals surface area contributed by atoms with Crippen molar-refractivity contribution in [1.82, 2.24) is 19.9 Å². The van der Waals surface area contributed by atoms with Crippen LogP contribution >= 0.6 is 0 Å². The van der Waals surface area contributed by atoms with E-state index < -0.39 is 0 Å². The van der Waals surface area contributed by atoms with E-state index >= 15 is 0 Å². The monoisotopic (exact) mass is 403 g/mol. The first-order valence-electron chi connectivity index (χ1n) is 10.2. The van der Waals surface area contributed by atoms with E-state index in [0.29, 0.717) is 6.54 Å². The Kier molecular flexibility index (Phi) is 5.07. The maximum atomic E-state index is 4.59. The minimum absolute atomic E-state index is 0.689. The van der Waals surface area contributed by atoms with Crippen molar-refractivity contribution in [2.75, 3.05) is 5.32 Å². The summed E-state index contributed by atoms with van der Waals surface area (Å²) in [5, 5.41) is 5.51. The zero-order valence-corrected chi connectivity index (χ0v) is 17.2. The first kappa shape index (κ1) is 18.9. The van der Waals surface area contributed by atoms with Gasteiger partial charge in [-0.15, -0.1) is 0 Å². The maximum Gasteiger partial charge on any atom is 0.135 e. The number of rotatable bonds is 5. The van der Waals surface area contributed by atoms with Gasteiger partial charge in [0, 0.05) is 42.3 Å². The summed E-state index contributed by atoms with van der Waals surface area (Å²) in [6, 6.07) is 21.2. The molecule has 150 valence electrons. The fourth-order valence-electron chi connectivity index (χ4n) is 3.62. The number of aryl methyl sites for hydroxylation is 1. The van der Waals surface area contributed by atoms with Gasteiger partial charge in [-0.25, -0.2) is 15.0 Å².